The van der Waals surface area contributed by atoms with Gasteiger partial charge in [0.2, 0.25) is 0 Å². The van der Waals surface area contributed by atoms with E-state index >= 15 is 0 Å². The van der Waals surface area contributed by atoms with Crippen molar-refractivity contribution in [3.63, 3.8) is 0 Å². The van der Waals surface area contributed by atoms with Crippen molar-refractivity contribution in [1.29, 1.82) is 0 Å². The lowest BCUT2D eigenvalue weighted by molar-refractivity contribution is 1.28. The zero-order valence-corrected chi connectivity index (χ0v) is 30.6. The fraction of sp³-hybridized carbons (Fsp3) is 0. The van der Waals surface area contributed by atoms with E-state index in [0.29, 0.717) is 0 Å². The van der Waals surface area contributed by atoms with Gasteiger partial charge in [-0.15, -0.1) is 0 Å². The molecule has 4 nitrogen and oxygen atoms in total. The molecule has 4 heteroatoms. The summed E-state index contributed by atoms with van der Waals surface area (Å²) in [6.07, 6.45) is 0. The highest BCUT2D eigenvalue weighted by atomic mass is 15.1. The van der Waals surface area contributed by atoms with Gasteiger partial charge in [0.05, 0.1) is 22.4 Å². The Morgan fingerprint density at radius 2 is 0.536 bits per heavy atom. The quantitative estimate of drug-likeness (QED) is 0.147. The molecule has 0 spiro atoms. The summed E-state index contributed by atoms with van der Waals surface area (Å²) in [6, 6.07) is 76.6. The average molecular weight is 717 g/mol. The van der Waals surface area contributed by atoms with Gasteiger partial charge in [0.1, 0.15) is 0 Å². The van der Waals surface area contributed by atoms with E-state index in [4.69, 9.17) is 9.97 Å². The summed E-state index contributed by atoms with van der Waals surface area (Å²) in [5, 5.41) is 4.33. The van der Waals surface area contributed by atoms with Crippen molar-refractivity contribution in [2.75, 3.05) is 9.80 Å². The van der Waals surface area contributed by atoms with Crippen LogP contribution in [0, 0.1) is 0 Å². The minimum atomic E-state index is 0.852. The molecule has 0 aliphatic rings. The molecule has 0 fully saturated rings. The van der Waals surface area contributed by atoms with Crippen LogP contribution in [-0.2, 0) is 0 Å². The lowest BCUT2D eigenvalue weighted by Gasteiger charge is -2.27. The summed E-state index contributed by atoms with van der Waals surface area (Å²) in [5.41, 5.74) is 11.9. The molecule has 0 saturated carbocycles. The monoisotopic (exact) mass is 716 g/mol. The number of para-hydroxylation sites is 4. The van der Waals surface area contributed by atoms with Crippen LogP contribution in [0.15, 0.2) is 218 Å². The molecule has 10 rings (SSSR count). The Bertz CT molecular complexity index is 2660. The molecule has 56 heavy (non-hydrogen) atoms. The fourth-order valence-corrected chi connectivity index (χ4v) is 7.81. The smallest absolute Gasteiger partial charge is 0.0980 e. The second kappa shape index (κ2) is 14.3. The minimum absolute atomic E-state index is 0.852. The van der Waals surface area contributed by atoms with Gasteiger partial charge < -0.3 is 9.80 Å². The molecule has 9 aromatic carbocycles. The molecule has 0 atom stereocenters. The second-order valence-corrected chi connectivity index (χ2v) is 13.8. The van der Waals surface area contributed by atoms with Crippen LogP contribution in [0.3, 0.4) is 0 Å². The summed E-state index contributed by atoms with van der Waals surface area (Å²) in [7, 11) is 0. The van der Waals surface area contributed by atoms with Crippen LogP contribution in [0.5, 0.6) is 0 Å². The summed E-state index contributed by atoms with van der Waals surface area (Å²) < 4.78 is 0. The van der Waals surface area contributed by atoms with Crippen molar-refractivity contribution in [3.05, 3.63) is 218 Å². The molecule has 0 saturated heterocycles. The molecule has 0 bridgehead atoms. The summed E-state index contributed by atoms with van der Waals surface area (Å²) in [5.74, 6) is 0. The highest BCUT2D eigenvalue weighted by Gasteiger charge is 2.21. The van der Waals surface area contributed by atoms with Crippen molar-refractivity contribution < 1.29 is 0 Å². The van der Waals surface area contributed by atoms with Crippen LogP contribution in [0.2, 0.25) is 0 Å². The van der Waals surface area contributed by atoms with Gasteiger partial charge in [-0.3, -0.25) is 0 Å². The number of fused-ring (bicyclic) bond motifs is 6. The highest BCUT2D eigenvalue weighted by molar-refractivity contribution is 6.25. The van der Waals surface area contributed by atoms with E-state index in [-0.39, 0.29) is 0 Å². The van der Waals surface area contributed by atoms with Crippen molar-refractivity contribution in [2.24, 2.45) is 0 Å². The number of benzene rings is 9. The van der Waals surface area contributed by atoms with E-state index in [0.717, 1.165) is 89.2 Å². The highest BCUT2D eigenvalue weighted by Crippen LogP contribution is 2.44. The Balaban J connectivity index is 1.30. The molecular formula is C52H36N4. The topological polar surface area (TPSA) is 32.3 Å². The maximum Gasteiger partial charge on any atom is 0.0980 e. The molecule has 1 aromatic heterocycles. The zero-order valence-electron chi connectivity index (χ0n) is 30.6. The zero-order chi connectivity index (χ0) is 37.3. The van der Waals surface area contributed by atoms with Gasteiger partial charge in [-0.2, -0.15) is 0 Å². The minimum Gasteiger partial charge on any atom is -0.310 e. The maximum absolute atomic E-state index is 5.64. The van der Waals surface area contributed by atoms with Gasteiger partial charge in [0, 0.05) is 56.0 Å². The molecule has 264 valence electrons. The Morgan fingerprint density at radius 3 is 0.839 bits per heavy atom. The molecule has 0 radical (unpaired) electrons. The largest absolute Gasteiger partial charge is 0.310 e. The number of nitrogens with zero attached hydrogens (tertiary/aromatic N) is 4. The van der Waals surface area contributed by atoms with Gasteiger partial charge in [-0.05, 0) is 83.6 Å². The molecule has 10 aromatic rings. The van der Waals surface area contributed by atoms with Crippen molar-refractivity contribution in [2.45, 2.75) is 0 Å². The van der Waals surface area contributed by atoms with Gasteiger partial charge in [-0.1, -0.05) is 146 Å². The van der Waals surface area contributed by atoms with Crippen molar-refractivity contribution >= 4 is 66.7 Å². The van der Waals surface area contributed by atoms with E-state index < -0.39 is 0 Å². The summed E-state index contributed by atoms with van der Waals surface area (Å²) in [4.78, 5) is 15.9. The van der Waals surface area contributed by atoms with E-state index in [1.54, 1.807) is 0 Å². The van der Waals surface area contributed by atoms with Gasteiger partial charge in [0.15, 0.2) is 0 Å². The number of aromatic nitrogens is 2. The molecule has 0 N–H and O–H groups in total. The van der Waals surface area contributed by atoms with Gasteiger partial charge >= 0.3 is 0 Å². The Kier molecular flexibility index (Phi) is 8.47. The first-order valence-electron chi connectivity index (χ1n) is 18.9. The van der Waals surface area contributed by atoms with Crippen LogP contribution in [0.25, 0.3) is 55.1 Å². The Labute approximate surface area is 326 Å². The van der Waals surface area contributed by atoms with Crippen molar-refractivity contribution in [1.82, 2.24) is 9.97 Å². The first-order chi connectivity index (χ1) is 27.8. The average Bonchev–Trinajstić information content (AvgIpc) is 3.28. The normalized spacial score (nSPS) is 11.2. The molecule has 0 aliphatic heterocycles. The van der Waals surface area contributed by atoms with Gasteiger partial charge in [0.25, 0.3) is 0 Å². The third-order valence-corrected chi connectivity index (χ3v) is 10.4. The number of anilines is 6. The van der Waals surface area contributed by atoms with E-state index in [9.17, 15) is 0 Å². The lowest BCUT2D eigenvalue weighted by atomic mass is 9.96. The SMILES string of the molecule is c1ccc(-c2nc3c4cc(N(c5ccccc5)c5ccccc5)ccc4c4ccc(N(c5ccccc5)c5ccccc5)cc4c3nc2-c2ccccc2)cc1. The molecular weight excluding hydrogens is 681 g/mol. The predicted molar refractivity (Wildman–Crippen MR) is 235 cm³/mol. The second-order valence-electron chi connectivity index (χ2n) is 13.8. The third kappa shape index (κ3) is 6.00. The molecule has 1 heterocycles. The Hall–Kier alpha value is -7.56. The first-order valence-corrected chi connectivity index (χ1v) is 18.9. The van der Waals surface area contributed by atoms with Crippen molar-refractivity contribution in [3.8, 4) is 22.5 Å². The number of hydrogen-bond acceptors (Lipinski definition) is 4. The first kappa shape index (κ1) is 33.0. The van der Waals surface area contributed by atoms with Crippen LogP contribution >= 0.6 is 0 Å². The fourth-order valence-electron chi connectivity index (χ4n) is 7.81. The molecule has 0 amide bonds. The summed E-state index contributed by atoms with van der Waals surface area (Å²) in [6.45, 7) is 0. The standard InChI is InChI=1S/C52H36N4/c1-7-19-37(20-8-1)49-50(38-21-9-2-10-22-38)54-52-48-36-44(56(41-27-15-5-16-28-41)42-29-17-6-18-30-42)32-34-46(48)45-33-31-43(35-47(45)51(52)53-49)55(39-23-11-3-12-24-39)40-25-13-4-14-26-40/h1-36H. The van der Waals surface area contributed by atoms with E-state index in [1.807, 2.05) is 12.1 Å². The number of rotatable bonds is 8. The van der Waals surface area contributed by atoms with Crippen LogP contribution in [0.1, 0.15) is 0 Å². The van der Waals surface area contributed by atoms with Crippen LogP contribution < -0.4 is 9.80 Å². The van der Waals surface area contributed by atoms with E-state index in [2.05, 4.69) is 216 Å². The maximum atomic E-state index is 5.64. The predicted octanol–water partition coefficient (Wildman–Crippen LogP) is 14.2. The van der Waals surface area contributed by atoms with E-state index in [1.165, 1.54) is 0 Å². The molecule has 0 aliphatic carbocycles. The van der Waals surface area contributed by atoms with Crippen LogP contribution in [0.4, 0.5) is 34.1 Å². The molecule has 0 unspecified atom stereocenters. The lowest BCUT2D eigenvalue weighted by Crippen LogP contribution is -2.10. The Morgan fingerprint density at radius 1 is 0.250 bits per heavy atom. The summed E-state index contributed by atoms with van der Waals surface area (Å²) >= 11 is 0. The number of hydrogen-bond donors (Lipinski definition) is 0. The van der Waals surface area contributed by atoms with Crippen LogP contribution in [-0.4, -0.2) is 9.97 Å². The third-order valence-electron chi connectivity index (χ3n) is 10.4. The van der Waals surface area contributed by atoms with Gasteiger partial charge in [-0.25, -0.2) is 9.97 Å².